The molecule has 2 aromatic heterocycles. The summed E-state index contributed by atoms with van der Waals surface area (Å²) in [6.07, 6.45) is 3.62. The molecular formula is C24H28N4O3. The number of hydrogen-bond donors (Lipinski definition) is 1. The predicted molar refractivity (Wildman–Crippen MR) is 122 cm³/mol. The molecule has 3 aromatic rings. The van der Waals surface area contributed by atoms with Gasteiger partial charge in [0.15, 0.2) is 0 Å². The number of benzene rings is 1. The van der Waals surface area contributed by atoms with Gasteiger partial charge in [0.2, 0.25) is 0 Å². The highest BCUT2D eigenvalue weighted by Gasteiger charge is 2.22. The van der Waals surface area contributed by atoms with Crippen LogP contribution in [0, 0.1) is 6.92 Å². The average molecular weight is 421 g/mol. The summed E-state index contributed by atoms with van der Waals surface area (Å²) in [7, 11) is 0. The molecular weight excluding hydrogens is 392 g/mol. The predicted octanol–water partition coefficient (Wildman–Crippen LogP) is 3.55. The third-order valence-electron chi connectivity index (χ3n) is 5.47. The number of fused-ring (bicyclic) bond motifs is 1. The molecule has 1 aliphatic rings. The van der Waals surface area contributed by atoms with Gasteiger partial charge < -0.3 is 14.9 Å². The van der Waals surface area contributed by atoms with Gasteiger partial charge in [-0.15, -0.1) is 0 Å². The van der Waals surface area contributed by atoms with Gasteiger partial charge in [-0.1, -0.05) is 19.1 Å². The first-order valence-corrected chi connectivity index (χ1v) is 10.5. The van der Waals surface area contributed by atoms with E-state index < -0.39 is 0 Å². The highest BCUT2D eigenvalue weighted by molar-refractivity contribution is 5.92. The monoisotopic (exact) mass is 420 g/mol. The molecule has 1 saturated heterocycles. The smallest absolute Gasteiger partial charge is 0.290 e. The number of rotatable bonds is 3. The first-order chi connectivity index (χ1) is 15.1. The molecule has 1 amide bonds. The first-order valence-electron chi connectivity index (χ1n) is 10.5. The van der Waals surface area contributed by atoms with Crippen LogP contribution in [0.2, 0.25) is 0 Å². The van der Waals surface area contributed by atoms with Crippen molar-refractivity contribution in [3.8, 4) is 0 Å². The van der Waals surface area contributed by atoms with Crippen molar-refractivity contribution in [2.75, 3.05) is 31.1 Å². The SMILES string of the molecule is CCc1ccc2nc(N3CCCN(C(=O)c4ccccn4)CC3)cc(C)c2c1.O=CO. The maximum Gasteiger partial charge on any atom is 0.290 e. The van der Waals surface area contributed by atoms with Crippen molar-refractivity contribution in [1.29, 1.82) is 0 Å². The molecule has 0 saturated carbocycles. The van der Waals surface area contributed by atoms with E-state index in [1.165, 1.54) is 16.5 Å². The topological polar surface area (TPSA) is 86.6 Å². The molecule has 31 heavy (non-hydrogen) atoms. The van der Waals surface area contributed by atoms with Crippen LogP contribution < -0.4 is 4.90 Å². The Kier molecular flexibility index (Phi) is 7.54. The third-order valence-corrected chi connectivity index (χ3v) is 5.47. The van der Waals surface area contributed by atoms with E-state index in [1.54, 1.807) is 12.3 Å². The summed E-state index contributed by atoms with van der Waals surface area (Å²) in [6, 6.07) is 14.2. The number of hydrogen-bond acceptors (Lipinski definition) is 5. The van der Waals surface area contributed by atoms with E-state index in [-0.39, 0.29) is 12.4 Å². The summed E-state index contributed by atoms with van der Waals surface area (Å²) in [5.41, 5.74) is 4.14. The van der Waals surface area contributed by atoms with Crippen molar-refractivity contribution in [2.24, 2.45) is 0 Å². The number of aryl methyl sites for hydroxylation is 2. The van der Waals surface area contributed by atoms with Gasteiger partial charge in [-0.25, -0.2) is 4.98 Å². The number of carbonyl (C=O) groups excluding carboxylic acids is 1. The molecule has 0 aliphatic carbocycles. The van der Waals surface area contributed by atoms with Crippen molar-refractivity contribution in [3.63, 3.8) is 0 Å². The fourth-order valence-corrected chi connectivity index (χ4v) is 3.81. The molecule has 1 aromatic carbocycles. The Bertz CT molecular complexity index is 1040. The fraction of sp³-hybridized carbons (Fsp3) is 0.333. The minimum absolute atomic E-state index is 0.0113. The second-order valence-corrected chi connectivity index (χ2v) is 7.46. The van der Waals surface area contributed by atoms with Crippen LogP contribution in [0.4, 0.5) is 5.82 Å². The highest BCUT2D eigenvalue weighted by atomic mass is 16.3. The van der Waals surface area contributed by atoms with Gasteiger partial charge in [-0.2, -0.15) is 0 Å². The quantitative estimate of drug-likeness (QED) is 0.652. The van der Waals surface area contributed by atoms with E-state index in [4.69, 9.17) is 14.9 Å². The average Bonchev–Trinajstić information content (AvgIpc) is 3.06. The van der Waals surface area contributed by atoms with E-state index in [9.17, 15) is 4.79 Å². The minimum atomic E-state index is -0.250. The zero-order chi connectivity index (χ0) is 22.2. The van der Waals surface area contributed by atoms with Crippen molar-refractivity contribution in [3.05, 3.63) is 65.5 Å². The van der Waals surface area contributed by atoms with Crippen LogP contribution in [-0.2, 0) is 11.2 Å². The molecule has 7 nitrogen and oxygen atoms in total. The first kappa shape index (κ1) is 22.2. The summed E-state index contributed by atoms with van der Waals surface area (Å²) >= 11 is 0. The van der Waals surface area contributed by atoms with E-state index in [2.05, 4.69) is 48.0 Å². The van der Waals surface area contributed by atoms with Crippen LogP contribution in [0.5, 0.6) is 0 Å². The second kappa shape index (κ2) is 10.5. The highest BCUT2D eigenvalue weighted by Crippen LogP contribution is 2.25. The molecule has 162 valence electrons. The number of pyridine rings is 2. The fourth-order valence-electron chi connectivity index (χ4n) is 3.81. The molecule has 1 fully saturated rings. The number of aromatic nitrogens is 2. The molecule has 0 atom stereocenters. The Hall–Kier alpha value is -3.48. The standard InChI is InChI=1S/C23H26N4O.CH2O2/c1-3-18-8-9-20-19(16-18)17(2)15-22(25-20)26-11-6-12-27(14-13-26)23(28)21-7-4-5-10-24-21;2-1-3/h4-5,7-10,15-16H,3,6,11-14H2,1-2H3;1H,(H,2,3). The Labute approximate surface area is 182 Å². The molecule has 0 radical (unpaired) electrons. The van der Waals surface area contributed by atoms with Crippen LogP contribution >= 0.6 is 0 Å². The van der Waals surface area contributed by atoms with Crippen molar-refractivity contribution >= 4 is 29.1 Å². The van der Waals surface area contributed by atoms with Crippen LogP contribution in [0.15, 0.2) is 48.7 Å². The summed E-state index contributed by atoms with van der Waals surface area (Å²) < 4.78 is 0. The van der Waals surface area contributed by atoms with Crippen LogP contribution in [0.3, 0.4) is 0 Å². The lowest BCUT2D eigenvalue weighted by molar-refractivity contribution is -0.122. The lowest BCUT2D eigenvalue weighted by Gasteiger charge is -2.23. The molecule has 0 spiro atoms. The molecule has 1 aliphatic heterocycles. The van der Waals surface area contributed by atoms with Crippen molar-refractivity contribution < 1.29 is 14.7 Å². The molecule has 1 N–H and O–H groups in total. The van der Waals surface area contributed by atoms with Gasteiger partial charge in [0, 0.05) is 37.8 Å². The van der Waals surface area contributed by atoms with E-state index >= 15 is 0 Å². The van der Waals surface area contributed by atoms with E-state index in [0.717, 1.165) is 43.8 Å². The van der Waals surface area contributed by atoms with Crippen molar-refractivity contribution in [2.45, 2.75) is 26.7 Å². The summed E-state index contributed by atoms with van der Waals surface area (Å²) in [5, 5.41) is 8.12. The number of nitrogens with zero attached hydrogens (tertiary/aromatic N) is 4. The minimum Gasteiger partial charge on any atom is -0.483 e. The zero-order valence-corrected chi connectivity index (χ0v) is 18.0. The van der Waals surface area contributed by atoms with E-state index in [0.29, 0.717) is 12.2 Å². The normalized spacial score (nSPS) is 13.9. The Balaban J connectivity index is 0.000000858. The van der Waals surface area contributed by atoms with Crippen LogP contribution in [-0.4, -0.2) is 58.5 Å². The Morgan fingerprint density at radius 1 is 1.13 bits per heavy atom. The second-order valence-electron chi connectivity index (χ2n) is 7.46. The summed E-state index contributed by atoms with van der Waals surface area (Å²) in [4.78, 5) is 34.4. The Morgan fingerprint density at radius 2 is 1.94 bits per heavy atom. The van der Waals surface area contributed by atoms with Gasteiger partial charge >= 0.3 is 0 Å². The zero-order valence-electron chi connectivity index (χ0n) is 18.0. The molecule has 0 unspecified atom stereocenters. The molecule has 0 bridgehead atoms. The van der Waals surface area contributed by atoms with Gasteiger partial charge in [-0.05, 0) is 61.2 Å². The van der Waals surface area contributed by atoms with Crippen LogP contribution in [0.25, 0.3) is 10.9 Å². The third kappa shape index (κ3) is 5.36. The van der Waals surface area contributed by atoms with Gasteiger partial charge in [0.05, 0.1) is 5.52 Å². The lowest BCUT2D eigenvalue weighted by atomic mass is 10.1. The number of amides is 1. The molecule has 3 heterocycles. The molecule has 7 heteroatoms. The number of anilines is 1. The largest absolute Gasteiger partial charge is 0.483 e. The van der Waals surface area contributed by atoms with Gasteiger partial charge in [-0.3, -0.25) is 14.6 Å². The maximum atomic E-state index is 12.7. The van der Waals surface area contributed by atoms with Gasteiger partial charge in [0.25, 0.3) is 12.4 Å². The number of carbonyl (C=O) groups is 2. The summed E-state index contributed by atoms with van der Waals surface area (Å²) in [5.74, 6) is 1.01. The van der Waals surface area contributed by atoms with Crippen molar-refractivity contribution in [1.82, 2.24) is 14.9 Å². The van der Waals surface area contributed by atoms with Gasteiger partial charge in [0.1, 0.15) is 11.5 Å². The summed E-state index contributed by atoms with van der Waals surface area (Å²) in [6.45, 7) is 7.19. The van der Waals surface area contributed by atoms with Crippen LogP contribution in [0.1, 0.15) is 35.0 Å². The number of carboxylic acid groups (broad SMARTS) is 1. The Morgan fingerprint density at radius 3 is 2.65 bits per heavy atom. The van der Waals surface area contributed by atoms with E-state index in [1.807, 2.05) is 17.0 Å². The lowest BCUT2D eigenvalue weighted by Crippen LogP contribution is -2.35. The molecule has 4 rings (SSSR count). The maximum absolute atomic E-state index is 12.7.